The average Bonchev–Trinajstić information content (AvgIpc) is 3.38. The minimum atomic E-state index is 0.363. The third-order valence-electron chi connectivity index (χ3n) is 4.96. The van der Waals surface area contributed by atoms with Gasteiger partial charge in [0.15, 0.2) is 11.5 Å². The normalized spacial score (nSPS) is 16.3. The highest BCUT2D eigenvalue weighted by Gasteiger charge is 2.26. The van der Waals surface area contributed by atoms with Crippen LogP contribution in [-0.4, -0.2) is 26.9 Å². The number of rotatable bonds is 3. The highest BCUT2D eigenvalue weighted by Crippen LogP contribution is 2.36. The number of nitrogens with zero attached hydrogens (tertiary/aromatic N) is 5. The monoisotopic (exact) mass is 347 g/mol. The molecule has 0 fully saturated rings. The first-order valence-electron chi connectivity index (χ1n) is 8.37. The van der Waals surface area contributed by atoms with Gasteiger partial charge < -0.3 is 4.90 Å². The van der Waals surface area contributed by atoms with Crippen LogP contribution in [0.1, 0.15) is 23.6 Å². The fraction of sp³-hybridized carbons (Fsp3) is 0.211. The van der Waals surface area contributed by atoms with Crippen LogP contribution in [0.25, 0.3) is 17.0 Å². The van der Waals surface area contributed by atoms with E-state index >= 15 is 0 Å². The number of hydrogen-bond acceptors (Lipinski definition) is 5. The Balaban J connectivity index is 1.56. The second kappa shape index (κ2) is 5.67. The van der Waals surface area contributed by atoms with Crippen LogP contribution < -0.4 is 4.90 Å². The summed E-state index contributed by atoms with van der Waals surface area (Å²) in [5.41, 5.74) is 4.68. The molecule has 5 nitrogen and oxygen atoms in total. The summed E-state index contributed by atoms with van der Waals surface area (Å²) in [7, 11) is 2.12. The molecule has 5 rings (SSSR count). The molecule has 0 amide bonds. The predicted molar refractivity (Wildman–Crippen MR) is 100 cm³/mol. The maximum atomic E-state index is 4.83. The van der Waals surface area contributed by atoms with E-state index in [1.165, 1.54) is 11.1 Å². The Kier molecular flexibility index (Phi) is 3.31. The summed E-state index contributed by atoms with van der Waals surface area (Å²) in [5, 5.41) is 17.5. The summed E-state index contributed by atoms with van der Waals surface area (Å²) in [5.74, 6) is 1.73. The molecule has 1 atom stereocenters. The van der Waals surface area contributed by atoms with Crippen molar-refractivity contribution >= 4 is 22.8 Å². The number of anilines is 1. The summed E-state index contributed by atoms with van der Waals surface area (Å²) in [6, 6.07) is 15.1. The van der Waals surface area contributed by atoms with Crippen LogP contribution in [0.15, 0.2) is 53.2 Å². The molecule has 0 radical (unpaired) electrons. The summed E-state index contributed by atoms with van der Waals surface area (Å²) in [4.78, 5) is 2.27. The molecule has 0 saturated carbocycles. The van der Waals surface area contributed by atoms with Crippen molar-refractivity contribution in [2.45, 2.75) is 18.9 Å². The number of benzene rings is 1. The van der Waals surface area contributed by atoms with Crippen LogP contribution in [0.4, 0.5) is 5.82 Å². The third-order valence-corrected chi connectivity index (χ3v) is 5.64. The lowest BCUT2D eigenvalue weighted by Crippen LogP contribution is -2.23. The van der Waals surface area contributed by atoms with E-state index in [0.717, 1.165) is 35.7 Å². The first kappa shape index (κ1) is 14.6. The Morgan fingerprint density at radius 1 is 1.12 bits per heavy atom. The maximum absolute atomic E-state index is 4.83. The van der Waals surface area contributed by atoms with Crippen molar-refractivity contribution in [3.05, 3.63) is 64.4 Å². The molecule has 1 unspecified atom stereocenters. The SMILES string of the molecule is CN(c1ccc2nnc(-c3ccsc3)n2n1)C1CCc2ccccc21. The second-order valence-corrected chi connectivity index (χ2v) is 7.14. The molecule has 124 valence electrons. The van der Waals surface area contributed by atoms with Gasteiger partial charge in [0.2, 0.25) is 0 Å². The summed E-state index contributed by atoms with van der Waals surface area (Å²) < 4.78 is 1.84. The molecule has 0 bridgehead atoms. The molecule has 3 heterocycles. The highest BCUT2D eigenvalue weighted by atomic mass is 32.1. The average molecular weight is 347 g/mol. The zero-order valence-corrected chi connectivity index (χ0v) is 14.6. The van der Waals surface area contributed by atoms with Crippen LogP contribution in [0.2, 0.25) is 0 Å². The molecule has 1 aliphatic carbocycles. The maximum Gasteiger partial charge on any atom is 0.186 e. The van der Waals surface area contributed by atoms with Crippen molar-refractivity contribution in [1.29, 1.82) is 0 Å². The summed E-state index contributed by atoms with van der Waals surface area (Å²) in [6.45, 7) is 0. The number of aryl methyl sites for hydroxylation is 1. The largest absolute Gasteiger partial charge is 0.351 e. The van der Waals surface area contributed by atoms with E-state index < -0.39 is 0 Å². The molecular weight excluding hydrogens is 330 g/mol. The van der Waals surface area contributed by atoms with Crippen molar-refractivity contribution in [2.75, 3.05) is 11.9 Å². The van der Waals surface area contributed by atoms with E-state index in [1.54, 1.807) is 11.3 Å². The molecule has 0 saturated heterocycles. The Bertz CT molecular complexity index is 1040. The molecule has 0 N–H and O–H groups in total. The van der Waals surface area contributed by atoms with Crippen LogP contribution in [0.5, 0.6) is 0 Å². The van der Waals surface area contributed by atoms with Crippen molar-refractivity contribution in [3.8, 4) is 11.4 Å². The molecule has 4 aromatic rings. The van der Waals surface area contributed by atoms with Crippen LogP contribution in [0, 0.1) is 0 Å². The predicted octanol–water partition coefficient (Wildman–Crippen LogP) is 3.98. The molecule has 25 heavy (non-hydrogen) atoms. The van der Waals surface area contributed by atoms with Gasteiger partial charge in [-0.15, -0.1) is 15.3 Å². The fourth-order valence-electron chi connectivity index (χ4n) is 3.64. The lowest BCUT2D eigenvalue weighted by atomic mass is 10.1. The number of fused-ring (bicyclic) bond motifs is 2. The van der Waals surface area contributed by atoms with Gasteiger partial charge in [0.1, 0.15) is 5.82 Å². The Hall–Kier alpha value is -2.73. The Morgan fingerprint density at radius 2 is 2.04 bits per heavy atom. The van der Waals surface area contributed by atoms with Gasteiger partial charge >= 0.3 is 0 Å². The lowest BCUT2D eigenvalue weighted by Gasteiger charge is -2.26. The first-order chi connectivity index (χ1) is 12.3. The van der Waals surface area contributed by atoms with Crippen LogP contribution in [0.3, 0.4) is 0 Å². The van der Waals surface area contributed by atoms with Crippen molar-refractivity contribution < 1.29 is 0 Å². The molecule has 6 heteroatoms. The Labute approximate surface area is 149 Å². The van der Waals surface area contributed by atoms with E-state index in [1.807, 2.05) is 28.1 Å². The van der Waals surface area contributed by atoms with Crippen molar-refractivity contribution in [1.82, 2.24) is 19.8 Å². The minimum Gasteiger partial charge on any atom is -0.351 e. The molecule has 0 spiro atoms. The van der Waals surface area contributed by atoms with Gasteiger partial charge in [0.25, 0.3) is 0 Å². The standard InChI is InChI=1S/C19H17N5S/c1-23(16-7-6-13-4-2-3-5-15(13)16)18-9-8-17-20-21-19(24(17)22-18)14-10-11-25-12-14/h2-5,8-12,16H,6-7H2,1H3. The lowest BCUT2D eigenvalue weighted by molar-refractivity contribution is 0.648. The van der Waals surface area contributed by atoms with Crippen molar-refractivity contribution in [3.63, 3.8) is 0 Å². The van der Waals surface area contributed by atoms with E-state index in [2.05, 4.69) is 51.8 Å². The van der Waals surface area contributed by atoms with E-state index in [9.17, 15) is 0 Å². The number of thiophene rings is 1. The molecule has 3 aromatic heterocycles. The molecule has 0 aliphatic heterocycles. The van der Waals surface area contributed by atoms with Gasteiger partial charge in [0.05, 0.1) is 6.04 Å². The smallest absolute Gasteiger partial charge is 0.186 e. The number of hydrogen-bond donors (Lipinski definition) is 0. The van der Waals surface area contributed by atoms with Gasteiger partial charge in [0, 0.05) is 18.0 Å². The van der Waals surface area contributed by atoms with E-state index in [0.29, 0.717) is 6.04 Å². The van der Waals surface area contributed by atoms with Crippen LogP contribution in [-0.2, 0) is 6.42 Å². The zero-order valence-electron chi connectivity index (χ0n) is 13.8. The molecular formula is C19H17N5S. The summed E-state index contributed by atoms with van der Waals surface area (Å²) in [6.07, 6.45) is 2.25. The Morgan fingerprint density at radius 3 is 2.92 bits per heavy atom. The number of aromatic nitrogens is 4. The van der Waals surface area contributed by atoms with Crippen LogP contribution >= 0.6 is 11.3 Å². The quantitative estimate of drug-likeness (QED) is 0.562. The molecule has 1 aromatic carbocycles. The fourth-order valence-corrected chi connectivity index (χ4v) is 4.27. The zero-order chi connectivity index (χ0) is 16.8. The third kappa shape index (κ3) is 2.33. The highest BCUT2D eigenvalue weighted by molar-refractivity contribution is 7.08. The topological polar surface area (TPSA) is 46.3 Å². The minimum absolute atomic E-state index is 0.363. The van der Waals surface area contributed by atoms with Gasteiger partial charge in [-0.3, -0.25) is 0 Å². The second-order valence-electron chi connectivity index (χ2n) is 6.36. The molecule has 1 aliphatic rings. The van der Waals surface area contributed by atoms with Gasteiger partial charge in [-0.05, 0) is 47.5 Å². The first-order valence-corrected chi connectivity index (χ1v) is 9.31. The van der Waals surface area contributed by atoms with E-state index in [-0.39, 0.29) is 0 Å². The van der Waals surface area contributed by atoms with E-state index in [4.69, 9.17) is 5.10 Å². The summed E-state index contributed by atoms with van der Waals surface area (Å²) >= 11 is 1.65. The van der Waals surface area contributed by atoms with Gasteiger partial charge in [-0.1, -0.05) is 24.3 Å². The van der Waals surface area contributed by atoms with Gasteiger partial charge in [-0.25, -0.2) is 0 Å². The van der Waals surface area contributed by atoms with Gasteiger partial charge in [-0.2, -0.15) is 15.9 Å². The van der Waals surface area contributed by atoms with Crippen molar-refractivity contribution in [2.24, 2.45) is 0 Å².